The molecule has 0 aromatic heterocycles. The van der Waals surface area contributed by atoms with E-state index in [1.807, 2.05) is 0 Å². The zero-order valence-electron chi connectivity index (χ0n) is 7.17. The molecule has 0 saturated carbocycles. The SMILES string of the molecule is C=CCO[C@@H]1[C@@H](O)[C@@H](O)OC[C@@H]1O. The molecule has 1 fully saturated rings. The van der Waals surface area contributed by atoms with Gasteiger partial charge in [-0.05, 0) is 0 Å². The highest BCUT2D eigenvalue weighted by molar-refractivity contribution is 4.84. The molecule has 0 radical (unpaired) electrons. The number of rotatable bonds is 3. The summed E-state index contributed by atoms with van der Waals surface area (Å²) < 4.78 is 9.73. The molecule has 1 rings (SSSR count). The lowest BCUT2D eigenvalue weighted by molar-refractivity contribution is -0.260. The number of aliphatic hydroxyl groups excluding tert-OH is 3. The average Bonchev–Trinajstić information content (AvgIpc) is 2.12. The predicted octanol–water partition coefficient (Wildman–Crippen LogP) is -1.37. The minimum atomic E-state index is -1.29. The van der Waals surface area contributed by atoms with E-state index in [9.17, 15) is 10.2 Å². The topological polar surface area (TPSA) is 79.2 Å². The number of aliphatic hydroxyl groups is 3. The van der Waals surface area contributed by atoms with E-state index in [4.69, 9.17) is 9.84 Å². The smallest absolute Gasteiger partial charge is 0.183 e. The van der Waals surface area contributed by atoms with Gasteiger partial charge in [0.15, 0.2) is 6.29 Å². The van der Waals surface area contributed by atoms with Gasteiger partial charge in [0.1, 0.15) is 18.3 Å². The molecule has 5 nitrogen and oxygen atoms in total. The standard InChI is InChI=1S/C8H14O5/c1-2-3-12-7-5(9)4-13-8(11)6(7)10/h2,5-11H,1,3-4H2/t5-,6+,7-,8-/m0/s1. The van der Waals surface area contributed by atoms with Crippen molar-refractivity contribution in [3.63, 3.8) is 0 Å². The predicted molar refractivity (Wildman–Crippen MR) is 43.9 cm³/mol. The lowest BCUT2D eigenvalue weighted by Crippen LogP contribution is -2.54. The zero-order chi connectivity index (χ0) is 9.84. The molecule has 0 aromatic rings. The van der Waals surface area contributed by atoms with Crippen LogP contribution in [-0.2, 0) is 9.47 Å². The Hall–Kier alpha value is -0.460. The van der Waals surface area contributed by atoms with Gasteiger partial charge in [0.2, 0.25) is 0 Å². The van der Waals surface area contributed by atoms with Crippen LogP contribution >= 0.6 is 0 Å². The molecule has 1 saturated heterocycles. The van der Waals surface area contributed by atoms with Crippen molar-refractivity contribution in [2.24, 2.45) is 0 Å². The second-order valence-electron chi connectivity index (χ2n) is 2.87. The monoisotopic (exact) mass is 190 g/mol. The quantitative estimate of drug-likeness (QED) is 0.478. The molecule has 0 unspecified atom stereocenters. The van der Waals surface area contributed by atoms with E-state index in [0.717, 1.165) is 0 Å². The van der Waals surface area contributed by atoms with Gasteiger partial charge in [0, 0.05) is 0 Å². The van der Waals surface area contributed by atoms with E-state index in [0.29, 0.717) is 0 Å². The fourth-order valence-electron chi connectivity index (χ4n) is 1.17. The van der Waals surface area contributed by atoms with Crippen LogP contribution in [0.5, 0.6) is 0 Å². The zero-order valence-corrected chi connectivity index (χ0v) is 7.17. The van der Waals surface area contributed by atoms with E-state index < -0.39 is 24.6 Å². The lowest BCUT2D eigenvalue weighted by Gasteiger charge is -2.35. The Morgan fingerprint density at radius 3 is 2.77 bits per heavy atom. The van der Waals surface area contributed by atoms with Gasteiger partial charge in [0.25, 0.3) is 0 Å². The van der Waals surface area contributed by atoms with Gasteiger partial charge in [-0.1, -0.05) is 6.08 Å². The minimum absolute atomic E-state index is 0.0416. The first kappa shape index (κ1) is 10.6. The third-order valence-electron chi connectivity index (χ3n) is 1.85. The summed E-state index contributed by atoms with van der Waals surface area (Å²) in [6, 6.07) is 0. The molecule has 0 aliphatic carbocycles. The van der Waals surface area contributed by atoms with Gasteiger partial charge < -0.3 is 24.8 Å². The third kappa shape index (κ3) is 2.49. The Morgan fingerprint density at radius 2 is 2.15 bits per heavy atom. The van der Waals surface area contributed by atoms with Crippen LogP contribution in [-0.4, -0.2) is 53.1 Å². The van der Waals surface area contributed by atoms with Crippen LogP contribution in [0.1, 0.15) is 0 Å². The highest BCUT2D eigenvalue weighted by Gasteiger charge is 2.38. The summed E-state index contributed by atoms with van der Waals surface area (Å²) in [6.45, 7) is 3.60. The summed E-state index contributed by atoms with van der Waals surface area (Å²) in [6.07, 6.45) is -2.75. The first-order chi connectivity index (χ1) is 6.16. The summed E-state index contributed by atoms with van der Waals surface area (Å²) in [4.78, 5) is 0. The molecule has 5 heteroatoms. The Labute approximate surface area is 76.2 Å². The summed E-state index contributed by atoms with van der Waals surface area (Å²) >= 11 is 0. The second-order valence-corrected chi connectivity index (χ2v) is 2.87. The molecule has 0 aromatic carbocycles. The first-order valence-corrected chi connectivity index (χ1v) is 4.05. The van der Waals surface area contributed by atoms with Crippen molar-refractivity contribution in [2.75, 3.05) is 13.2 Å². The Bertz CT molecular complexity index is 172. The summed E-state index contributed by atoms with van der Waals surface area (Å²) in [5.41, 5.74) is 0. The normalized spacial score (nSPS) is 40.2. The summed E-state index contributed by atoms with van der Waals surface area (Å²) in [5, 5.41) is 27.7. The van der Waals surface area contributed by atoms with E-state index in [-0.39, 0.29) is 13.2 Å². The maximum Gasteiger partial charge on any atom is 0.183 e. The van der Waals surface area contributed by atoms with Crippen molar-refractivity contribution < 1.29 is 24.8 Å². The maximum atomic E-state index is 9.34. The van der Waals surface area contributed by atoms with Gasteiger partial charge in [-0.3, -0.25) is 0 Å². The van der Waals surface area contributed by atoms with Crippen molar-refractivity contribution in [1.82, 2.24) is 0 Å². The van der Waals surface area contributed by atoms with Gasteiger partial charge in [-0.15, -0.1) is 6.58 Å². The molecule has 1 heterocycles. The van der Waals surface area contributed by atoms with Crippen LogP contribution in [0.15, 0.2) is 12.7 Å². The van der Waals surface area contributed by atoms with E-state index in [1.165, 1.54) is 6.08 Å². The highest BCUT2D eigenvalue weighted by Crippen LogP contribution is 2.16. The van der Waals surface area contributed by atoms with E-state index in [1.54, 1.807) is 0 Å². The third-order valence-corrected chi connectivity index (χ3v) is 1.85. The first-order valence-electron chi connectivity index (χ1n) is 4.05. The Kier molecular flexibility index (Phi) is 3.83. The maximum absolute atomic E-state index is 9.34. The van der Waals surface area contributed by atoms with Crippen molar-refractivity contribution in [3.05, 3.63) is 12.7 Å². The van der Waals surface area contributed by atoms with Gasteiger partial charge in [-0.2, -0.15) is 0 Å². The highest BCUT2D eigenvalue weighted by atomic mass is 16.6. The number of hydrogen-bond acceptors (Lipinski definition) is 5. The minimum Gasteiger partial charge on any atom is -0.388 e. The Balaban J connectivity index is 2.50. The lowest BCUT2D eigenvalue weighted by atomic mass is 10.1. The summed E-state index contributed by atoms with van der Waals surface area (Å²) in [7, 11) is 0. The number of ether oxygens (including phenoxy) is 2. The van der Waals surface area contributed by atoms with Crippen LogP contribution in [0, 0.1) is 0 Å². The molecule has 1 aliphatic rings. The molecule has 0 amide bonds. The fourth-order valence-corrected chi connectivity index (χ4v) is 1.17. The second kappa shape index (κ2) is 4.69. The molecule has 1 aliphatic heterocycles. The largest absolute Gasteiger partial charge is 0.388 e. The van der Waals surface area contributed by atoms with Crippen LogP contribution in [0.4, 0.5) is 0 Å². The van der Waals surface area contributed by atoms with Crippen LogP contribution < -0.4 is 0 Å². The summed E-state index contributed by atoms with van der Waals surface area (Å²) in [5.74, 6) is 0. The molecule has 76 valence electrons. The molecule has 4 atom stereocenters. The van der Waals surface area contributed by atoms with Crippen molar-refractivity contribution in [2.45, 2.75) is 24.6 Å². The van der Waals surface area contributed by atoms with Crippen molar-refractivity contribution >= 4 is 0 Å². The van der Waals surface area contributed by atoms with Gasteiger partial charge in [-0.25, -0.2) is 0 Å². The average molecular weight is 190 g/mol. The molecule has 0 bridgehead atoms. The van der Waals surface area contributed by atoms with E-state index >= 15 is 0 Å². The molecular weight excluding hydrogens is 176 g/mol. The molecule has 3 N–H and O–H groups in total. The van der Waals surface area contributed by atoms with Crippen molar-refractivity contribution in [3.8, 4) is 0 Å². The Morgan fingerprint density at radius 1 is 1.46 bits per heavy atom. The molecule has 0 spiro atoms. The van der Waals surface area contributed by atoms with E-state index in [2.05, 4.69) is 11.3 Å². The van der Waals surface area contributed by atoms with Gasteiger partial charge >= 0.3 is 0 Å². The molecular formula is C8H14O5. The van der Waals surface area contributed by atoms with Crippen LogP contribution in [0.2, 0.25) is 0 Å². The van der Waals surface area contributed by atoms with Crippen LogP contribution in [0.3, 0.4) is 0 Å². The van der Waals surface area contributed by atoms with Crippen molar-refractivity contribution in [1.29, 1.82) is 0 Å². The van der Waals surface area contributed by atoms with Crippen LogP contribution in [0.25, 0.3) is 0 Å². The molecule has 13 heavy (non-hydrogen) atoms. The number of hydrogen-bond donors (Lipinski definition) is 3. The fraction of sp³-hybridized carbons (Fsp3) is 0.750. The van der Waals surface area contributed by atoms with Gasteiger partial charge in [0.05, 0.1) is 13.2 Å².